The monoisotopic (exact) mass is 257 g/mol. The van der Waals surface area contributed by atoms with Crippen molar-refractivity contribution in [2.24, 2.45) is 5.73 Å². The maximum absolute atomic E-state index is 9.06. The summed E-state index contributed by atoms with van der Waals surface area (Å²) in [6.45, 7) is 2.53. The van der Waals surface area contributed by atoms with Crippen LogP contribution in [0, 0.1) is 6.92 Å². The number of hydrogen-bond donors (Lipinski definition) is 2. The zero-order valence-corrected chi connectivity index (χ0v) is 11.0. The molecule has 1 atom stereocenters. The van der Waals surface area contributed by atoms with E-state index < -0.39 is 0 Å². The smallest absolute Gasteiger partial charge is 0.120 e. The first-order chi connectivity index (χ1) is 9.20. The fourth-order valence-corrected chi connectivity index (χ4v) is 1.87. The van der Waals surface area contributed by atoms with Crippen molar-refractivity contribution in [1.29, 1.82) is 0 Å². The molecule has 0 aliphatic rings. The van der Waals surface area contributed by atoms with Crippen LogP contribution in [-0.4, -0.2) is 11.7 Å². The van der Waals surface area contributed by atoms with Crippen LogP contribution in [0.4, 0.5) is 0 Å². The molecular formula is C16H19NO2. The van der Waals surface area contributed by atoms with Crippen LogP contribution in [0.1, 0.15) is 22.7 Å². The normalized spacial score (nSPS) is 12.2. The van der Waals surface area contributed by atoms with Gasteiger partial charge in [-0.1, -0.05) is 36.4 Å². The number of aliphatic hydroxyl groups is 1. The largest absolute Gasteiger partial charge is 0.489 e. The maximum Gasteiger partial charge on any atom is 0.120 e. The van der Waals surface area contributed by atoms with Gasteiger partial charge in [0.2, 0.25) is 0 Å². The predicted molar refractivity (Wildman–Crippen MR) is 76.0 cm³/mol. The SMILES string of the molecule is Cc1ccccc1COc1cccc([C@@H](N)CO)c1. The van der Waals surface area contributed by atoms with Gasteiger partial charge in [-0.05, 0) is 35.7 Å². The molecule has 0 saturated carbocycles. The van der Waals surface area contributed by atoms with Crippen molar-refractivity contribution in [1.82, 2.24) is 0 Å². The molecule has 100 valence electrons. The summed E-state index contributed by atoms with van der Waals surface area (Å²) in [6.07, 6.45) is 0. The van der Waals surface area contributed by atoms with E-state index in [0.717, 1.165) is 11.3 Å². The van der Waals surface area contributed by atoms with Crippen molar-refractivity contribution in [3.63, 3.8) is 0 Å². The molecule has 0 unspecified atom stereocenters. The van der Waals surface area contributed by atoms with E-state index in [0.29, 0.717) is 6.61 Å². The van der Waals surface area contributed by atoms with Crippen LogP contribution in [0.3, 0.4) is 0 Å². The van der Waals surface area contributed by atoms with Gasteiger partial charge in [-0.15, -0.1) is 0 Å². The van der Waals surface area contributed by atoms with Crippen LogP contribution in [0.25, 0.3) is 0 Å². The van der Waals surface area contributed by atoms with E-state index in [1.54, 1.807) is 0 Å². The minimum atomic E-state index is -0.359. The molecule has 0 heterocycles. The molecule has 2 rings (SSSR count). The summed E-state index contributed by atoms with van der Waals surface area (Å²) in [7, 11) is 0. The molecule has 0 amide bonds. The lowest BCUT2D eigenvalue weighted by molar-refractivity contribution is 0.267. The highest BCUT2D eigenvalue weighted by Crippen LogP contribution is 2.19. The van der Waals surface area contributed by atoms with Crippen molar-refractivity contribution in [2.75, 3.05) is 6.61 Å². The highest BCUT2D eigenvalue weighted by molar-refractivity contribution is 5.31. The summed E-state index contributed by atoms with van der Waals surface area (Å²) >= 11 is 0. The molecule has 19 heavy (non-hydrogen) atoms. The number of aryl methyl sites for hydroxylation is 1. The van der Waals surface area contributed by atoms with E-state index in [1.807, 2.05) is 36.4 Å². The standard InChI is InChI=1S/C16H19NO2/c1-12-5-2-3-6-14(12)11-19-15-8-4-7-13(9-15)16(17)10-18/h2-9,16,18H,10-11,17H2,1H3/t16-/m0/s1. The minimum Gasteiger partial charge on any atom is -0.489 e. The van der Waals surface area contributed by atoms with E-state index in [9.17, 15) is 0 Å². The number of nitrogens with two attached hydrogens (primary N) is 1. The van der Waals surface area contributed by atoms with Crippen LogP contribution in [0.15, 0.2) is 48.5 Å². The van der Waals surface area contributed by atoms with Gasteiger partial charge in [0.1, 0.15) is 12.4 Å². The summed E-state index contributed by atoms with van der Waals surface area (Å²) in [5, 5.41) is 9.06. The lowest BCUT2D eigenvalue weighted by Gasteiger charge is -2.12. The summed E-state index contributed by atoms with van der Waals surface area (Å²) in [4.78, 5) is 0. The fraction of sp³-hybridized carbons (Fsp3) is 0.250. The highest BCUT2D eigenvalue weighted by Gasteiger charge is 2.05. The first-order valence-corrected chi connectivity index (χ1v) is 6.34. The lowest BCUT2D eigenvalue weighted by atomic mass is 10.1. The number of rotatable bonds is 5. The van der Waals surface area contributed by atoms with Gasteiger partial charge < -0.3 is 15.6 Å². The van der Waals surface area contributed by atoms with E-state index in [-0.39, 0.29) is 12.6 Å². The summed E-state index contributed by atoms with van der Waals surface area (Å²) in [5.41, 5.74) is 9.05. The molecular weight excluding hydrogens is 238 g/mol. The number of benzene rings is 2. The number of ether oxygens (including phenoxy) is 1. The van der Waals surface area contributed by atoms with Crippen LogP contribution in [0.2, 0.25) is 0 Å². The van der Waals surface area contributed by atoms with Crippen molar-refractivity contribution in [3.05, 3.63) is 65.2 Å². The maximum atomic E-state index is 9.06. The van der Waals surface area contributed by atoms with Crippen LogP contribution < -0.4 is 10.5 Å². The van der Waals surface area contributed by atoms with Gasteiger partial charge in [-0.2, -0.15) is 0 Å². The molecule has 0 saturated heterocycles. The van der Waals surface area contributed by atoms with Crippen molar-refractivity contribution >= 4 is 0 Å². The van der Waals surface area contributed by atoms with Crippen molar-refractivity contribution < 1.29 is 9.84 Å². The second kappa shape index (κ2) is 6.36. The second-order valence-corrected chi connectivity index (χ2v) is 4.58. The Morgan fingerprint density at radius 1 is 1.16 bits per heavy atom. The molecule has 0 spiro atoms. The molecule has 3 heteroatoms. The molecule has 3 nitrogen and oxygen atoms in total. The third-order valence-electron chi connectivity index (χ3n) is 3.14. The Morgan fingerprint density at radius 3 is 2.68 bits per heavy atom. The minimum absolute atomic E-state index is 0.0682. The quantitative estimate of drug-likeness (QED) is 0.865. The van der Waals surface area contributed by atoms with Gasteiger partial charge in [0, 0.05) is 0 Å². The molecule has 0 aliphatic carbocycles. The topological polar surface area (TPSA) is 55.5 Å². The van der Waals surface area contributed by atoms with Crippen molar-refractivity contribution in [2.45, 2.75) is 19.6 Å². The molecule has 3 N–H and O–H groups in total. The summed E-state index contributed by atoms with van der Waals surface area (Å²) in [6, 6.07) is 15.3. The van der Waals surface area contributed by atoms with Gasteiger partial charge in [-0.25, -0.2) is 0 Å². The van der Waals surface area contributed by atoms with Gasteiger partial charge >= 0.3 is 0 Å². The average Bonchev–Trinajstić information content (AvgIpc) is 2.46. The molecule has 0 aliphatic heterocycles. The average molecular weight is 257 g/mol. The second-order valence-electron chi connectivity index (χ2n) is 4.58. The third-order valence-corrected chi connectivity index (χ3v) is 3.14. The molecule has 0 fully saturated rings. The first kappa shape index (κ1) is 13.6. The Balaban J connectivity index is 2.06. The molecule has 2 aromatic carbocycles. The van der Waals surface area contributed by atoms with E-state index in [4.69, 9.17) is 15.6 Å². The third kappa shape index (κ3) is 3.56. The zero-order valence-electron chi connectivity index (χ0n) is 11.0. The summed E-state index contributed by atoms with van der Waals surface area (Å²) < 4.78 is 5.77. The highest BCUT2D eigenvalue weighted by atomic mass is 16.5. The predicted octanol–water partition coefficient (Wildman–Crippen LogP) is 2.57. The lowest BCUT2D eigenvalue weighted by Crippen LogP contribution is -2.14. The number of aliphatic hydroxyl groups excluding tert-OH is 1. The zero-order chi connectivity index (χ0) is 13.7. The van der Waals surface area contributed by atoms with E-state index in [1.165, 1.54) is 11.1 Å². The Labute approximate surface area is 113 Å². The van der Waals surface area contributed by atoms with E-state index >= 15 is 0 Å². The van der Waals surface area contributed by atoms with Gasteiger partial charge in [0.25, 0.3) is 0 Å². The molecule has 0 bridgehead atoms. The molecule has 2 aromatic rings. The Kier molecular flexibility index (Phi) is 4.55. The van der Waals surface area contributed by atoms with Crippen LogP contribution in [0.5, 0.6) is 5.75 Å². The number of hydrogen-bond acceptors (Lipinski definition) is 3. The Morgan fingerprint density at radius 2 is 1.95 bits per heavy atom. The van der Waals surface area contributed by atoms with Crippen LogP contribution >= 0.6 is 0 Å². The first-order valence-electron chi connectivity index (χ1n) is 6.34. The molecule has 0 aromatic heterocycles. The fourth-order valence-electron chi connectivity index (χ4n) is 1.87. The van der Waals surface area contributed by atoms with E-state index in [2.05, 4.69) is 19.1 Å². The van der Waals surface area contributed by atoms with Gasteiger partial charge in [-0.3, -0.25) is 0 Å². The Bertz CT molecular complexity index is 540. The van der Waals surface area contributed by atoms with Gasteiger partial charge in [0.05, 0.1) is 12.6 Å². The summed E-state index contributed by atoms with van der Waals surface area (Å²) in [5.74, 6) is 0.768. The Hall–Kier alpha value is -1.84. The van der Waals surface area contributed by atoms with Crippen molar-refractivity contribution in [3.8, 4) is 5.75 Å². The van der Waals surface area contributed by atoms with Gasteiger partial charge in [0.15, 0.2) is 0 Å². The van der Waals surface area contributed by atoms with Crippen LogP contribution in [-0.2, 0) is 6.61 Å². The molecule has 0 radical (unpaired) electrons.